The summed E-state index contributed by atoms with van der Waals surface area (Å²) in [5.74, 6) is 0.585. The Labute approximate surface area is 176 Å². The number of carbonyl (C=O) groups is 2. The highest BCUT2D eigenvalue weighted by Gasteiger charge is 2.31. The molecule has 7 heteroatoms. The number of likely N-dealkylation sites (tertiary alicyclic amines) is 1. The summed E-state index contributed by atoms with van der Waals surface area (Å²) in [5, 5.41) is 0. The van der Waals surface area contributed by atoms with Crippen LogP contribution in [0.3, 0.4) is 0 Å². The van der Waals surface area contributed by atoms with Crippen molar-refractivity contribution in [3.05, 3.63) is 59.8 Å². The summed E-state index contributed by atoms with van der Waals surface area (Å²) in [6.07, 6.45) is 3.00. The summed E-state index contributed by atoms with van der Waals surface area (Å²) < 4.78 is 11.1. The molecule has 2 aromatic rings. The molecule has 2 aliphatic rings. The van der Waals surface area contributed by atoms with Gasteiger partial charge in [0.2, 0.25) is 11.8 Å². The molecular weight excluding hydrogens is 382 g/mol. The van der Waals surface area contributed by atoms with Crippen LogP contribution in [0.25, 0.3) is 0 Å². The topological polar surface area (TPSA) is 72.0 Å². The molecule has 30 heavy (non-hydrogen) atoms. The predicted octanol–water partition coefficient (Wildman–Crippen LogP) is 2.37. The fraction of sp³-hybridized carbons (Fsp3) is 0.435. The summed E-state index contributed by atoms with van der Waals surface area (Å²) >= 11 is 0. The molecule has 2 amide bonds. The zero-order valence-electron chi connectivity index (χ0n) is 17.0. The van der Waals surface area contributed by atoms with Gasteiger partial charge in [0.05, 0.1) is 13.2 Å². The lowest BCUT2D eigenvalue weighted by molar-refractivity contribution is -0.141. The lowest BCUT2D eigenvalue weighted by Crippen LogP contribution is -2.47. The van der Waals surface area contributed by atoms with Crippen LogP contribution in [0, 0.1) is 5.92 Å². The van der Waals surface area contributed by atoms with E-state index in [0.29, 0.717) is 70.3 Å². The molecule has 158 valence electrons. The molecule has 4 rings (SSSR count). The first-order valence-electron chi connectivity index (χ1n) is 10.5. The van der Waals surface area contributed by atoms with Crippen LogP contribution in [0.4, 0.5) is 0 Å². The SMILES string of the molecule is O=C(c1ccnc(OCc2ccccc2)c1)N1CCC(C(=O)N2CCOCC2)CC1. The monoisotopic (exact) mass is 409 g/mol. The van der Waals surface area contributed by atoms with Crippen molar-refractivity contribution in [2.24, 2.45) is 5.92 Å². The highest BCUT2D eigenvalue weighted by atomic mass is 16.5. The smallest absolute Gasteiger partial charge is 0.254 e. The van der Waals surface area contributed by atoms with Crippen molar-refractivity contribution in [1.82, 2.24) is 14.8 Å². The second-order valence-corrected chi connectivity index (χ2v) is 7.66. The minimum atomic E-state index is -0.0424. The second kappa shape index (κ2) is 9.71. The van der Waals surface area contributed by atoms with E-state index >= 15 is 0 Å². The average Bonchev–Trinajstić information content (AvgIpc) is 2.83. The number of aromatic nitrogens is 1. The number of pyridine rings is 1. The number of hydrogen-bond acceptors (Lipinski definition) is 5. The van der Waals surface area contributed by atoms with Gasteiger partial charge in [-0.25, -0.2) is 4.98 Å². The third-order valence-electron chi connectivity index (χ3n) is 5.67. The van der Waals surface area contributed by atoms with Crippen molar-refractivity contribution in [2.75, 3.05) is 39.4 Å². The van der Waals surface area contributed by atoms with Gasteiger partial charge >= 0.3 is 0 Å². The predicted molar refractivity (Wildman–Crippen MR) is 111 cm³/mol. The number of hydrogen-bond donors (Lipinski definition) is 0. The maximum Gasteiger partial charge on any atom is 0.254 e. The lowest BCUT2D eigenvalue weighted by Gasteiger charge is -2.35. The maximum atomic E-state index is 12.9. The lowest BCUT2D eigenvalue weighted by atomic mass is 9.94. The highest BCUT2D eigenvalue weighted by molar-refractivity contribution is 5.94. The summed E-state index contributed by atoms with van der Waals surface area (Å²) in [4.78, 5) is 33.5. The van der Waals surface area contributed by atoms with Gasteiger partial charge in [0.1, 0.15) is 6.61 Å². The molecule has 0 radical (unpaired) electrons. The molecule has 0 bridgehead atoms. The molecule has 1 aromatic heterocycles. The Kier molecular flexibility index (Phi) is 6.59. The Morgan fingerprint density at radius 3 is 2.47 bits per heavy atom. The van der Waals surface area contributed by atoms with Gasteiger partial charge in [-0.15, -0.1) is 0 Å². The number of amides is 2. The molecule has 1 aromatic carbocycles. The van der Waals surface area contributed by atoms with E-state index in [4.69, 9.17) is 9.47 Å². The van der Waals surface area contributed by atoms with Crippen LogP contribution in [0.5, 0.6) is 5.88 Å². The van der Waals surface area contributed by atoms with Gasteiger partial charge in [-0.05, 0) is 24.5 Å². The molecule has 0 atom stereocenters. The average molecular weight is 409 g/mol. The molecule has 0 aliphatic carbocycles. The van der Waals surface area contributed by atoms with Crippen LogP contribution in [0.15, 0.2) is 48.7 Å². The van der Waals surface area contributed by atoms with Crippen molar-refractivity contribution in [2.45, 2.75) is 19.4 Å². The number of nitrogens with zero attached hydrogens (tertiary/aromatic N) is 3. The van der Waals surface area contributed by atoms with Crippen LogP contribution in [0.1, 0.15) is 28.8 Å². The molecule has 7 nitrogen and oxygen atoms in total. The molecule has 2 fully saturated rings. The first-order chi connectivity index (χ1) is 14.7. The van der Waals surface area contributed by atoms with Crippen LogP contribution < -0.4 is 4.74 Å². The van der Waals surface area contributed by atoms with Crippen molar-refractivity contribution in [3.63, 3.8) is 0 Å². The molecule has 0 unspecified atom stereocenters. The highest BCUT2D eigenvalue weighted by Crippen LogP contribution is 2.22. The van der Waals surface area contributed by atoms with Gasteiger partial charge in [0.25, 0.3) is 5.91 Å². The number of morpholine rings is 1. The molecule has 0 saturated carbocycles. The third-order valence-corrected chi connectivity index (χ3v) is 5.67. The van der Waals surface area contributed by atoms with E-state index in [1.807, 2.05) is 40.1 Å². The standard InChI is InChI=1S/C23H27N3O4/c27-22(26-12-14-29-15-13-26)19-7-10-25(11-8-19)23(28)20-6-9-24-21(16-20)30-17-18-4-2-1-3-5-18/h1-6,9,16,19H,7-8,10-15,17H2. The van der Waals surface area contributed by atoms with E-state index < -0.39 is 0 Å². The van der Waals surface area contributed by atoms with Crippen LogP contribution in [-0.4, -0.2) is 66.0 Å². The Morgan fingerprint density at radius 2 is 1.73 bits per heavy atom. The normalized spacial score (nSPS) is 17.6. The van der Waals surface area contributed by atoms with Crippen molar-refractivity contribution in [3.8, 4) is 5.88 Å². The Hall–Kier alpha value is -2.93. The largest absolute Gasteiger partial charge is 0.473 e. The molecule has 0 N–H and O–H groups in total. The zero-order valence-corrected chi connectivity index (χ0v) is 17.0. The zero-order chi connectivity index (χ0) is 20.8. The van der Waals surface area contributed by atoms with E-state index in [0.717, 1.165) is 5.56 Å². The summed E-state index contributed by atoms with van der Waals surface area (Å²) in [6.45, 7) is 4.13. The van der Waals surface area contributed by atoms with Gasteiger partial charge in [0, 0.05) is 49.9 Å². The Morgan fingerprint density at radius 1 is 1.00 bits per heavy atom. The van der Waals surface area contributed by atoms with Gasteiger partial charge in [-0.2, -0.15) is 0 Å². The summed E-state index contributed by atoms with van der Waals surface area (Å²) in [6, 6.07) is 13.2. The minimum absolute atomic E-state index is 0.00523. The molecule has 2 saturated heterocycles. The number of carbonyl (C=O) groups excluding carboxylic acids is 2. The molecule has 0 spiro atoms. The van der Waals surface area contributed by atoms with Crippen LogP contribution in [0.2, 0.25) is 0 Å². The van der Waals surface area contributed by atoms with Crippen molar-refractivity contribution >= 4 is 11.8 Å². The number of ether oxygens (including phenoxy) is 2. The van der Waals surface area contributed by atoms with Gasteiger partial charge in [0.15, 0.2) is 0 Å². The fourth-order valence-corrected chi connectivity index (χ4v) is 3.91. The van der Waals surface area contributed by atoms with E-state index in [9.17, 15) is 9.59 Å². The van der Waals surface area contributed by atoms with Crippen LogP contribution >= 0.6 is 0 Å². The van der Waals surface area contributed by atoms with Crippen LogP contribution in [-0.2, 0) is 16.1 Å². The summed E-state index contributed by atoms with van der Waals surface area (Å²) in [7, 11) is 0. The number of rotatable bonds is 5. The van der Waals surface area contributed by atoms with E-state index in [2.05, 4.69) is 4.98 Å². The van der Waals surface area contributed by atoms with Crippen molar-refractivity contribution in [1.29, 1.82) is 0 Å². The minimum Gasteiger partial charge on any atom is -0.473 e. The Bertz CT molecular complexity index is 860. The van der Waals surface area contributed by atoms with Gasteiger partial charge in [-0.1, -0.05) is 30.3 Å². The summed E-state index contributed by atoms with van der Waals surface area (Å²) in [5.41, 5.74) is 1.61. The molecule has 2 aliphatic heterocycles. The molecule has 3 heterocycles. The van der Waals surface area contributed by atoms with Crippen molar-refractivity contribution < 1.29 is 19.1 Å². The van der Waals surface area contributed by atoms with E-state index in [1.165, 1.54) is 0 Å². The third kappa shape index (κ3) is 4.97. The molecular formula is C23H27N3O4. The van der Waals surface area contributed by atoms with E-state index in [-0.39, 0.29) is 17.7 Å². The number of piperidine rings is 1. The quantitative estimate of drug-likeness (QED) is 0.758. The van der Waals surface area contributed by atoms with Gasteiger partial charge < -0.3 is 19.3 Å². The first-order valence-corrected chi connectivity index (χ1v) is 10.5. The second-order valence-electron chi connectivity index (χ2n) is 7.66. The van der Waals surface area contributed by atoms with E-state index in [1.54, 1.807) is 18.3 Å². The maximum absolute atomic E-state index is 12.9. The number of benzene rings is 1. The first kappa shape index (κ1) is 20.3. The fourth-order valence-electron chi connectivity index (χ4n) is 3.91. The van der Waals surface area contributed by atoms with Gasteiger partial charge in [-0.3, -0.25) is 9.59 Å². The Balaban J connectivity index is 1.31.